The van der Waals surface area contributed by atoms with Gasteiger partial charge >= 0.3 is 0 Å². The quantitative estimate of drug-likeness (QED) is 0.696. The first-order valence-electron chi connectivity index (χ1n) is 4.89. The van der Waals surface area contributed by atoms with Crippen LogP contribution in [-0.4, -0.2) is 12.1 Å². The first kappa shape index (κ1) is 9.54. The highest BCUT2D eigenvalue weighted by Gasteiger charge is 2.21. The van der Waals surface area contributed by atoms with E-state index in [4.69, 9.17) is 5.26 Å². The van der Waals surface area contributed by atoms with Crippen molar-refractivity contribution < 1.29 is 0 Å². The maximum absolute atomic E-state index is 8.61. The molecule has 1 saturated carbocycles. The highest BCUT2D eigenvalue weighted by Crippen LogP contribution is 2.27. The van der Waals surface area contributed by atoms with Crippen LogP contribution in [0.4, 0.5) is 0 Å². The average Bonchev–Trinajstić information content (AvgIpc) is 2.56. The van der Waals surface area contributed by atoms with Crippen molar-refractivity contribution in [2.45, 2.75) is 51.6 Å². The third-order valence-corrected chi connectivity index (χ3v) is 2.81. The zero-order valence-electron chi connectivity index (χ0n) is 8.01. The number of nitriles is 1. The maximum atomic E-state index is 8.61. The Morgan fingerprint density at radius 1 is 1.33 bits per heavy atom. The standard InChI is InChI=1S/C10H18N2/c1-8(7-11)12-9(2)10-5-3-4-6-10/h8-10,12H,3-6H2,1-2H3. The van der Waals surface area contributed by atoms with Crippen molar-refractivity contribution in [1.29, 1.82) is 5.26 Å². The molecule has 1 aliphatic carbocycles. The van der Waals surface area contributed by atoms with Gasteiger partial charge in [0.1, 0.15) is 0 Å². The van der Waals surface area contributed by atoms with Crippen molar-refractivity contribution >= 4 is 0 Å². The van der Waals surface area contributed by atoms with Crippen molar-refractivity contribution in [2.75, 3.05) is 0 Å². The second-order valence-electron chi connectivity index (χ2n) is 3.85. The molecule has 12 heavy (non-hydrogen) atoms. The summed E-state index contributed by atoms with van der Waals surface area (Å²) >= 11 is 0. The van der Waals surface area contributed by atoms with Crippen molar-refractivity contribution in [1.82, 2.24) is 5.32 Å². The van der Waals surface area contributed by atoms with Crippen molar-refractivity contribution in [3.8, 4) is 6.07 Å². The van der Waals surface area contributed by atoms with Crippen molar-refractivity contribution in [3.05, 3.63) is 0 Å². The molecule has 0 spiro atoms. The van der Waals surface area contributed by atoms with Crippen LogP contribution in [0.15, 0.2) is 0 Å². The Morgan fingerprint density at radius 2 is 1.92 bits per heavy atom. The zero-order valence-corrected chi connectivity index (χ0v) is 8.01. The molecule has 0 radical (unpaired) electrons. The summed E-state index contributed by atoms with van der Waals surface area (Å²) in [5.41, 5.74) is 0. The highest BCUT2D eigenvalue weighted by atomic mass is 14.9. The molecule has 2 atom stereocenters. The molecule has 2 nitrogen and oxygen atoms in total. The molecule has 1 aliphatic rings. The molecule has 0 amide bonds. The molecule has 1 N–H and O–H groups in total. The smallest absolute Gasteiger partial charge is 0.0926 e. The molecule has 1 fully saturated rings. The lowest BCUT2D eigenvalue weighted by molar-refractivity contribution is 0.371. The van der Waals surface area contributed by atoms with Crippen LogP contribution in [0.2, 0.25) is 0 Å². The van der Waals surface area contributed by atoms with E-state index in [2.05, 4.69) is 18.3 Å². The average molecular weight is 166 g/mol. The summed E-state index contributed by atoms with van der Waals surface area (Å²) in [4.78, 5) is 0. The molecule has 0 aliphatic heterocycles. The van der Waals surface area contributed by atoms with Crippen molar-refractivity contribution in [3.63, 3.8) is 0 Å². The number of rotatable bonds is 3. The largest absolute Gasteiger partial charge is 0.299 e. The first-order chi connectivity index (χ1) is 5.74. The topological polar surface area (TPSA) is 35.8 Å². The fourth-order valence-corrected chi connectivity index (χ4v) is 2.03. The van der Waals surface area contributed by atoms with Gasteiger partial charge in [0.25, 0.3) is 0 Å². The van der Waals surface area contributed by atoms with E-state index in [0.717, 1.165) is 5.92 Å². The van der Waals surface area contributed by atoms with Gasteiger partial charge in [0.2, 0.25) is 0 Å². The molecule has 2 unspecified atom stereocenters. The summed E-state index contributed by atoms with van der Waals surface area (Å²) in [5.74, 6) is 0.806. The molecular weight excluding hydrogens is 148 g/mol. The molecule has 1 rings (SSSR count). The van der Waals surface area contributed by atoms with Crippen LogP contribution in [0, 0.1) is 17.2 Å². The van der Waals surface area contributed by atoms with Crippen LogP contribution in [0.1, 0.15) is 39.5 Å². The van der Waals surface area contributed by atoms with Gasteiger partial charge in [-0.05, 0) is 32.6 Å². The van der Waals surface area contributed by atoms with Crippen LogP contribution in [0.5, 0.6) is 0 Å². The minimum atomic E-state index is 0.000556. The Balaban J connectivity index is 2.27. The van der Waals surface area contributed by atoms with E-state index in [1.165, 1.54) is 25.7 Å². The zero-order chi connectivity index (χ0) is 8.97. The van der Waals surface area contributed by atoms with E-state index in [-0.39, 0.29) is 6.04 Å². The van der Waals surface area contributed by atoms with Gasteiger partial charge in [0.15, 0.2) is 0 Å². The fourth-order valence-electron chi connectivity index (χ4n) is 2.03. The Labute approximate surface area is 75.0 Å². The molecule has 2 heteroatoms. The van der Waals surface area contributed by atoms with Gasteiger partial charge in [-0.1, -0.05) is 12.8 Å². The number of nitrogens with one attached hydrogen (secondary N) is 1. The summed E-state index contributed by atoms with van der Waals surface area (Å²) in [6, 6.07) is 2.72. The molecule has 0 aromatic heterocycles. The predicted octanol–water partition coefficient (Wildman–Crippen LogP) is 2.07. The molecule has 68 valence electrons. The van der Waals surface area contributed by atoms with Gasteiger partial charge in [0.05, 0.1) is 12.1 Å². The van der Waals surface area contributed by atoms with E-state index in [0.29, 0.717) is 6.04 Å². The number of hydrogen-bond donors (Lipinski definition) is 1. The molecule has 0 saturated heterocycles. The molecule has 0 heterocycles. The lowest BCUT2D eigenvalue weighted by atomic mass is 9.99. The minimum absolute atomic E-state index is 0.000556. The van der Waals surface area contributed by atoms with Gasteiger partial charge in [-0.25, -0.2) is 0 Å². The number of nitrogens with zero attached hydrogens (tertiary/aromatic N) is 1. The van der Waals surface area contributed by atoms with Gasteiger partial charge < -0.3 is 0 Å². The molecule has 0 bridgehead atoms. The van der Waals surface area contributed by atoms with E-state index < -0.39 is 0 Å². The SMILES string of the molecule is CC(C#N)NC(C)C1CCCC1. The summed E-state index contributed by atoms with van der Waals surface area (Å²) in [7, 11) is 0. The van der Waals surface area contributed by atoms with Crippen LogP contribution >= 0.6 is 0 Å². The van der Waals surface area contributed by atoms with E-state index in [1.807, 2.05) is 6.92 Å². The van der Waals surface area contributed by atoms with Crippen LogP contribution in [0.3, 0.4) is 0 Å². The third-order valence-electron chi connectivity index (χ3n) is 2.81. The number of hydrogen-bond acceptors (Lipinski definition) is 2. The maximum Gasteiger partial charge on any atom is 0.0926 e. The van der Waals surface area contributed by atoms with Crippen LogP contribution in [0.25, 0.3) is 0 Å². The highest BCUT2D eigenvalue weighted by molar-refractivity contribution is 4.89. The van der Waals surface area contributed by atoms with Crippen LogP contribution < -0.4 is 5.32 Å². The van der Waals surface area contributed by atoms with Gasteiger partial charge in [-0.3, -0.25) is 5.32 Å². The monoisotopic (exact) mass is 166 g/mol. The van der Waals surface area contributed by atoms with Gasteiger partial charge in [-0.15, -0.1) is 0 Å². The second kappa shape index (κ2) is 4.47. The lowest BCUT2D eigenvalue weighted by Gasteiger charge is -2.21. The Kier molecular flexibility index (Phi) is 3.55. The Morgan fingerprint density at radius 3 is 2.42 bits per heavy atom. The summed E-state index contributed by atoms with van der Waals surface area (Å²) in [5, 5.41) is 11.9. The normalized spacial score (nSPS) is 23.4. The summed E-state index contributed by atoms with van der Waals surface area (Å²) in [6.45, 7) is 4.12. The molecule has 0 aromatic carbocycles. The first-order valence-corrected chi connectivity index (χ1v) is 4.89. The Hall–Kier alpha value is -0.550. The van der Waals surface area contributed by atoms with E-state index in [9.17, 15) is 0 Å². The minimum Gasteiger partial charge on any atom is -0.299 e. The van der Waals surface area contributed by atoms with Gasteiger partial charge in [-0.2, -0.15) is 5.26 Å². The summed E-state index contributed by atoms with van der Waals surface area (Å²) < 4.78 is 0. The molecule has 0 aromatic rings. The predicted molar refractivity (Wildman–Crippen MR) is 49.6 cm³/mol. The second-order valence-corrected chi connectivity index (χ2v) is 3.85. The third kappa shape index (κ3) is 2.49. The van der Waals surface area contributed by atoms with E-state index >= 15 is 0 Å². The van der Waals surface area contributed by atoms with Crippen molar-refractivity contribution in [2.24, 2.45) is 5.92 Å². The van der Waals surface area contributed by atoms with E-state index in [1.54, 1.807) is 0 Å². The fraction of sp³-hybridized carbons (Fsp3) is 0.900. The molecular formula is C10H18N2. The summed E-state index contributed by atoms with van der Waals surface area (Å²) in [6.07, 6.45) is 5.42. The van der Waals surface area contributed by atoms with Gasteiger partial charge in [0, 0.05) is 6.04 Å². The lowest BCUT2D eigenvalue weighted by Crippen LogP contribution is -2.37. The Bertz CT molecular complexity index is 165. The van der Waals surface area contributed by atoms with Crippen LogP contribution in [-0.2, 0) is 0 Å².